The molecule has 0 amide bonds. The van der Waals surface area contributed by atoms with Gasteiger partial charge in [0.2, 0.25) is 0 Å². The summed E-state index contributed by atoms with van der Waals surface area (Å²) < 4.78 is 13.4. The fourth-order valence-corrected chi connectivity index (χ4v) is 3.85. The van der Waals surface area contributed by atoms with Crippen LogP contribution in [0, 0.1) is 24.1 Å². The molecule has 1 fully saturated rings. The number of aliphatic hydroxyl groups is 1. The molecule has 1 aromatic carbocycles. The molecule has 0 saturated heterocycles. The van der Waals surface area contributed by atoms with Crippen LogP contribution in [0.5, 0.6) is 0 Å². The van der Waals surface area contributed by atoms with E-state index in [1.54, 1.807) is 12.1 Å². The molecule has 0 spiro atoms. The van der Waals surface area contributed by atoms with Crippen molar-refractivity contribution in [2.75, 3.05) is 0 Å². The monoisotopic (exact) mass is 278 g/mol. The Balaban J connectivity index is 2.16. The number of benzene rings is 1. The van der Waals surface area contributed by atoms with Crippen LogP contribution in [0.3, 0.4) is 0 Å². The highest BCUT2D eigenvalue weighted by Gasteiger charge is 2.40. The smallest absolute Gasteiger partial charge is 0.123 e. The lowest BCUT2D eigenvalue weighted by Crippen LogP contribution is -2.35. The number of rotatable bonds is 5. The van der Waals surface area contributed by atoms with Gasteiger partial charge in [-0.25, -0.2) is 4.39 Å². The number of aliphatic hydroxyl groups excluding tert-OH is 1. The minimum atomic E-state index is -0.354. The summed E-state index contributed by atoms with van der Waals surface area (Å²) in [5, 5.41) is 10.8. The Bertz CT molecular complexity index is 447. The summed E-state index contributed by atoms with van der Waals surface area (Å²) in [5.41, 5.74) is 2.07. The summed E-state index contributed by atoms with van der Waals surface area (Å²) in [6.45, 7) is 6.44. The second-order valence-corrected chi connectivity index (χ2v) is 6.96. The standard InChI is InChI=1S/C18H27FO/c1-13(2)12-18(8-4-5-9-18)17(20)11-15-10-16(19)7-6-14(15)3/h6-7,10,13,17,20H,4-5,8-9,11-12H2,1-3H3. The molecule has 1 N–H and O–H groups in total. The molecule has 1 aromatic rings. The van der Waals surface area contributed by atoms with Gasteiger partial charge in [0.25, 0.3) is 0 Å². The maximum atomic E-state index is 13.4. The van der Waals surface area contributed by atoms with E-state index in [0.29, 0.717) is 12.3 Å². The van der Waals surface area contributed by atoms with Crippen molar-refractivity contribution in [3.05, 3.63) is 35.1 Å². The first-order chi connectivity index (χ1) is 9.43. The molecule has 0 aromatic heterocycles. The quantitative estimate of drug-likeness (QED) is 0.831. The molecule has 0 bridgehead atoms. The van der Waals surface area contributed by atoms with Crippen LogP contribution in [0.4, 0.5) is 4.39 Å². The number of halogens is 1. The summed E-state index contributed by atoms with van der Waals surface area (Å²) in [5.74, 6) is 0.387. The molecule has 2 heteroatoms. The van der Waals surface area contributed by atoms with E-state index in [4.69, 9.17) is 0 Å². The van der Waals surface area contributed by atoms with Crippen molar-refractivity contribution in [2.24, 2.45) is 11.3 Å². The highest BCUT2D eigenvalue weighted by Crippen LogP contribution is 2.46. The van der Waals surface area contributed by atoms with Crippen LogP contribution in [0.25, 0.3) is 0 Å². The Morgan fingerprint density at radius 3 is 2.50 bits per heavy atom. The summed E-state index contributed by atoms with van der Waals surface area (Å²) in [6, 6.07) is 4.88. The zero-order valence-corrected chi connectivity index (χ0v) is 13.0. The number of hydrogen-bond acceptors (Lipinski definition) is 1. The maximum absolute atomic E-state index is 13.4. The average Bonchev–Trinajstić information content (AvgIpc) is 2.82. The lowest BCUT2D eigenvalue weighted by molar-refractivity contribution is 0.0132. The van der Waals surface area contributed by atoms with Crippen molar-refractivity contribution in [2.45, 2.75) is 65.4 Å². The molecule has 112 valence electrons. The zero-order chi connectivity index (χ0) is 14.8. The van der Waals surface area contributed by atoms with Crippen LogP contribution in [0.15, 0.2) is 18.2 Å². The highest BCUT2D eigenvalue weighted by molar-refractivity contribution is 5.27. The molecular weight excluding hydrogens is 251 g/mol. The maximum Gasteiger partial charge on any atom is 0.123 e. The van der Waals surface area contributed by atoms with Gasteiger partial charge in [-0.15, -0.1) is 0 Å². The first kappa shape index (κ1) is 15.5. The Morgan fingerprint density at radius 1 is 1.25 bits per heavy atom. The van der Waals surface area contributed by atoms with Gasteiger partial charge in [-0.3, -0.25) is 0 Å². The first-order valence-corrected chi connectivity index (χ1v) is 7.86. The van der Waals surface area contributed by atoms with E-state index >= 15 is 0 Å². The molecule has 1 unspecified atom stereocenters. The van der Waals surface area contributed by atoms with Crippen LogP contribution in [-0.4, -0.2) is 11.2 Å². The second kappa shape index (κ2) is 6.26. The normalized spacial score (nSPS) is 19.5. The predicted octanol–water partition coefficient (Wildman–Crippen LogP) is 4.64. The van der Waals surface area contributed by atoms with Gasteiger partial charge in [-0.05, 0) is 67.2 Å². The van der Waals surface area contributed by atoms with Gasteiger partial charge in [-0.1, -0.05) is 32.8 Å². The van der Waals surface area contributed by atoms with Gasteiger partial charge >= 0.3 is 0 Å². The Hall–Kier alpha value is -0.890. The third-order valence-corrected chi connectivity index (χ3v) is 4.85. The Labute approximate surface area is 122 Å². The van der Waals surface area contributed by atoms with E-state index in [9.17, 15) is 9.50 Å². The molecule has 20 heavy (non-hydrogen) atoms. The lowest BCUT2D eigenvalue weighted by Gasteiger charge is -2.36. The van der Waals surface area contributed by atoms with E-state index < -0.39 is 0 Å². The molecule has 1 nitrogen and oxygen atoms in total. The summed E-state index contributed by atoms with van der Waals surface area (Å²) in [6.07, 6.45) is 5.95. The lowest BCUT2D eigenvalue weighted by atomic mass is 9.72. The van der Waals surface area contributed by atoms with Crippen LogP contribution in [0.2, 0.25) is 0 Å². The van der Waals surface area contributed by atoms with Crippen molar-refractivity contribution in [3.63, 3.8) is 0 Å². The van der Waals surface area contributed by atoms with Gasteiger partial charge in [0.1, 0.15) is 5.82 Å². The van der Waals surface area contributed by atoms with Crippen molar-refractivity contribution in [3.8, 4) is 0 Å². The van der Waals surface area contributed by atoms with Crippen molar-refractivity contribution in [1.29, 1.82) is 0 Å². The van der Waals surface area contributed by atoms with Gasteiger partial charge in [0.05, 0.1) is 6.10 Å². The summed E-state index contributed by atoms with van der Waals surface area (Å²) in [7, 11) is 0. The van der Waals surface area contributed by atoms with E-state index in [1.165, 1.54) is 18.9 Å². The van der Waals surface area contributed by atoms with E-state index in [1.807, 2.05) is 6.92 Å². The molecule has 0 radical (unpaired) electrons. The van der Waals surface area contributed by atoms with E-state index in [2.05, 4.69) is 13.8 Å². The third-order valence-electron chi connectivity index (χ3n) is 4.85. The minimum Gasteiger partial charge on any atom is -0.392 e. The fourth-order valence-electron chi connectivity index (χ4n) is 3.85. The SMILES string of the molecule is Cc1ccc(F)cc1CC(O)C1(CC(C)C)CCCC1. The van der Waals surface area contributed by atoms with Gasteiger partial charge in [-0.2, -0.15) is 0 Å². The molecule has 0 heterocycles. The van der Waals surface area contributed by atoms with Crippen molar-refractivity contribution < 1.29 is 9.50 Å². The molecule has 2 rings (SSSR count). The summed E-state index contributed by atoms with van der Waals surface area (Å²) >= 11 is 0. The first-order valence-electron chi connectivity index (χ1n) is 7.86. The van der Waals surface area contributed by atoms with Gasteiger partial charge < -0.3 is 5.11 Å². The molecule has 1 aliphatic carbocycles. The largest absolute Gasteiger partial charge is 0.392 e. The average molecular weight is 278 g/mol. The van der Waals surface area contributed by atoms with Gasteiger partial charge in [0, 0.05) is 0 Å². The van der Waals surface area contributed by atoms with Gasteiger partial charge in [0.15, 0.2) is 0 Å². The zero-order valence-electron chi connectivity index (χ0n) is 13.0. The third kappa shape index (κ3) is 3.41. The van der Waals surface area contributed by atoms with Crippen molar-refractivity contribution in [1.82, 2.24) is 0 Å². The number of hydrogen-bond donors (Lipinski definition) is 1. The molecule has 1 aliphatic rings. The minimum absolute atomic E-state index is 0.0485. The second-order valence-electron chi connectivity index (χ2n) is 6.96. The van der Waals surface area contributed by atoms with E-state index in [0.717, 1.165) is 30.4 Å². The fraction of sp³-hybridized carbons (Fsp3) is 0.667. The van der Waals surface area contributed by atoms with E-state index in [-0.39, 0.29) is 17.3 Å². The summed E-state index contributed by atoms with van der Waals surface area (Å²) in [4.78, 5) is 0. The van der Waals surface area contributed by atoms with Crippen molar-refractivity contribution >= 4 is 0 Å². The topological polar surface area (TPSA) is 20.2 Å². The molecule has 1 atom stereocenters. The predicted molar refractivity (Wildman–Crippen MR) is 81.2 cm³/mol. The Kier molecular flexibility index (Phi) is 4.85. The van der Waals surface area contributed by atoms with Crippen LogP contribution in [0.1, 0.15) is 57.1 Å². The molecule has 0 aliphatic heterocycles. The molecular formula is C18H27FO. The van der Waals surface area contributed by atoms with Crippen LogP contribution in [-0.2, 0) is 6.42 Å². The molecule has 1 saturated carbocycles. The highest BCUT2D eigenvalue weighted by atomic mass is 19.1. The van der Waals surface area contributed by atoms with Crippen LogP contribution >= 0.6 is 0 Å². The Morgan fingerprint density at radius 2 is 1.90 bits per heavy atom. The number of aryl methyl sites for hydroxylation is 1. The van der Waals surface area contributed by atoms with Crippen LogP contribution < -0.4 is 0 Å².